The van der Waals surface area contributed by atoms with Crippen molar-refractivity contribution in [3.63, 3.8) is 0 Å². The molecular formula is C26H30N4O3. The standard InChI is InChI=1S/C26H30N4O3/c1-3-4-12-22-28-24(31)23(26(33)30(22)18(2)20-11-8-14-27-16-20)25(32)29-15-13-21(17-29)19-9-6-5-7-10-19/h5-11,14,16,18,21,33H,3-4,12-13,15,17H2,1-2H3/t18?,21-/m1/s1. The molecule has 7 heteroatoms. The maximum atomic E-state index is 13.4. The molecule has 1 unspecified atom stereocenters. The van der Waals surface area contributed by atoms with Crippen LogP contribution in [0.25, 0.3) is 0 Å². The molecule has 1 aliphatic heterocycles. The van der Waals surface area contributed by atoms with Crippen LogP contribution in [0, 0.1) is 0 Å². The second-order valence-corrected chi connectivity index (χ2v) is 8.62. The summed E-state index contributed by atoms with van der Waals surface area (Å²) in [6, 6.07) is 13.5. The van der Waals surface area contributed by atoms with Gasteiger partial charge in [-0.1, -0.05) is 49.7 Å². The van der Waals surface area contributed by atoms with Crippen molar-refractivity contribution in [3.8, 4) is 5.88 Å². The van der Waals surface area contributed by atoms with Gasteiger partial charge in [0.05, 0.1) is 6.04 Å². The average molecular weight is 447 g/mol. The Labute approximate surface area is 193 Å². The fraction of sp³-hybridized carbons (Fsp3) is 0.385. The molecule has 0 bridgehead atoms. The summed E-state index contributed by atoms with van der Waals surface area (Å²) in [5, 5.41) is 11.3. The van der Waals surface area contributed by atoms with Crippen molar-refractivity contribution < 1.29 is 9.90 Å². The van der Waals surface area contributed by atoms with Crippen LogP contribution in [-0.2, 0) is 6.42 Å². The van der Waals surface area contributed by atoms with Crippen molar-refractivity contribution in [1.29, 1.82) is 0 Å². The second kappa shape index (κ2) is 9.98. The molecule has 1 fully saturated rings. The van der Waals surface area contributed by atoms with Crippen LogP contribution < -0.4 is 5.56 Å². The fourth-order valence-electron chi connectivity index (χ4n) is 4.54. The molecule has 1 aliphatic rings. The maximum absolute atomic E-state index is 13.4. The number of carbonyl (C=O) groups is 1. The summed E-state index contributed by atoms with van der Waals surface area (Å²) in [5.74, 6) is -0.0790. The Morgan fingerprint density at radius 2 is 2.00 bits per heavy atom. The average Bonchev–Trinajstić information content (AvgIpc) is 3.34. The zero-order valence-electron chi connectivity index (χ0n) is 19.1. The summed E-state index contributed by atoms with van der Waals surface area (Å²) in [6.07, 6.45) is 6.51. The number of aromatic nitrogens is 3. The third-order valence-electron chi connectivity index (χ3n) is 6.44. The highest BCUT2D eigenvalue weighted by atomic mass is 16.3. The minimum absolute atomic E-state index is 0.214. The number of hydrogen-bond donors (Lipinski definition) is 1. The van der Waals surface area contributed by atoms with Crippen LogP contribution in [-0.4, -0.2) is 43.5 Å². The van der Waals surface area contributed by atoms with Gasteiger partial charge in [0.2, 0.25) is 5.88 Å². The molecule has 1 aromatic carbocycles. The van der Waals surface area contributed by atoms with Gasteiger partial charge in [0.15, 0.2) is 5.56 Å². The van der Waals surface area contributed by atoms with Crippen LogP contribution in [0.5, 0.6) is 5.88 Å². The monoisotopic (exact) mass is 446 g/mol. The first kappa shape index (κ1) is 22.7. The molecule has 3 aromatic rings. The van der Waals surface area contributed by atoms with E-state index in [1.165, 1.54) is 5.56 Å². The molecule has 2 aromatic heterocycles. The molecule has 1 amide bonds. The zero-order chi connectivity index (χ0) is 23.4. The molecule has 0 radical (unpaired) electrons. The maximum Gasteiger partial charge on any atom is 0.289 e. The summed E-state index contributed by atoms with van der Waals surface area (Å²) < 4.78 is 1.62. The number of hydrogen-bond acceptors (Lipinski definition) is 5. The number of rotatable bonds is 7. The van der Waals surface area contributed by atoms with E-state index in [1.54, 1.807) is 21.9 Å². The number of unbranched alkanes of at least 4 members (excludes halogenated alkanes) is 1. The van der Waals surface area contributed by atoms with Crippen LogP contribution in [0.1, 0.15) is 72.4 Å². The minimum Gasteiger partial charge on any atom is -0.494 e. The van der Waals surface area contributed by atoms with E-state index in [4.69, 9.17) is 0 Å². The number of aromatic hydroxyl groups is 1. The molecule has 4 rings (SSSR count). The fourth-order valence-corrected chi connectivity index (χ4v) is 4.54. The van der Waals surface area contributed by atoms with Gasteiger partial charge in [-0.2, -0.15) is 4.98 Å². The first-order chi connectivity index (χ1) is 16.0. The molecule has 3 heterocycles. The second-order valence-electron chi connectivity index (χ2n) is 8.62. The zero-order valence-corrected chi connectivity index (χ0v) is 19.1. The first-order valence-corrected chi connectivity index (χ1v) is 11.6. The van der Waals surface area contributed by atoms with Gasteiger partial charge in [-0.3, -0.25) is 19.1 Å². The highest BCUT2D eigenvalue weighted by Crippen LogP contribution is 2.31. The number of pyridine rings is 1. The van der Waals surface area contributed by atoms with Gasteiger partial charge in [-0.25, -0.2) is 0 Å². The van der Waals surface area contributed by atoms with Gasteiger partial charge in [0, 0.05) is 37.8 Å². The van der Waals surface area contributed by atoms with E-state index in [2.05, 4.69) is 29.0 Å². The highest BCUT2D eigenvalue weighted by Gasteiger charge is 2.33. The Bertz CT molecular complexity index is 1160. The Kier molecular flexibility index (Phi) is 6.87. The number of carbonyl (C=O) groups excluding carboxylic acids is 1. The van der Waals surface area contributed by atoms with Crippen LogP contribution in [0.3, 0.4) is 0 Å². The van der Waals surface area contributed by atoms with Crippen molar-refractivity contribution in [2.24, 2.45) is 0 Å². The predicted octanol–water partition coefficient (Wildman–Crippen LogP) is 3.93. The van der Waals surface area contributed by atoms with Crippen molar-refractivity contribution in [2.75, 3.05) is 13.1 Å². The van der Waals surface area contributed by atoms with Gasteiger partial charge in [-0.05, 0) is 37.0 Å². The predicted molar refractivity (Wildman–Crippen MR) is 127 cm³/mol. The third-order valence-corrected chi connectivity index (χ3v) is 6.44. The first-order valence-electron chi connectivity index (χ1n) is 11.6. The quantitative estimate of drug-likeness (QED) is 0.594. The molecule has 0 spiro atoms. The minimum atomic E-state index is -0.665. The Morgan fingerprint density at radius 1 is 1.21 bits per heavy atom. The van der Waals surface area contributed by atoms with Gasteiger partial charge < -0.3 is 10.0 Å². The summed E-state index contributed by atoms with van der Waals surface area (Å²) in [6.45, 7) is 5.01. The topological polar surface area (TPSA) is 88.3 Å². The number of likely N-dealkylation sites (tertiary alicyclic amines) is 1. The van der Waals surface area contributed by atoms with E-state index >= 15 is 0 Å². The lowest BCUT2D eigenvalue weighted by atomic mass is 9.99. The number of nitrogens with zero attached hydrogens (tertiary/aromatic N) is 4. The SMILES string of the molecule is CCCCc1nc(=O)c(C(=O)N2CC[C@@H](c3ccccc3)C2)c(O)n1C(C)c1cccnc1. The van der Waals surface area contributed by atoms with E-state index in [-0.39, 0.29) is 23.4 Å². The molecule has 0 aliphatic carbocycles. The molecule has 0 saturated carbocycles. The van der Waals surface area contributed by atoms with Gasteiger partial charge >= 0.3 is 0 Å². The Morgan fingerprint density at radius 3 is 2.70 bits per heavy atom. The molecule has 1 N–H and O–H groups in total. The summed E-state index contributed by atoms with van der Waals surface area (Å²) >= 11 is 0. The van der Waals surface area contributed by atoms with Crippen molar-refractivity contribution in [1.82, 2.24) is 19.4 Å². The third kappa shape index (κ3) is 4.67. The number of aryl methyl sites for hydroxylation is 1. The smallest absolute Gasteiger partial charge is 0.289 e. The van der Waals surface area contributed by atoms with Crippen LogP contribution in [0.4, 0.5) is 0 Å². The summed E-state index contributed by atoms with van der Waals surface area (Å²) in [7, 11) is 0. The molecule has 172 valence electrons. The summed E-state index contributed by atoms with van der Waals surface area (Å²) in [5.41, 5.74) is 1.12. The van der Waals surface area contributed by atoms with Crippen molar-refractivity contribution >= 4 is 5.91 Å². The lowest BCUT2D eigenvalue weighted by Crippen LogP contribution is -2.35. The highest BCUT2D eigenvalue weighted by molar-refractivity contribution is 5.96. The van der Waals surface area contributed by atoms with E-state index in [1.807, 2.05) is 37.3 Å². The van der Waals surface area contributed by atoms with Crippen molar-refractivity contribution in [2.45, 2.75) is 51.5 Å². The van der Waals surface area contributed by atoms with Crippen LogP contribution in [0.15, 0.2) is 59.7 Å². The lowest BCUT2D eigenvalue weighted by Gasteiger charge is -2.24. The van der Waals surface area contributed by atoms with E-state index < -0.39 is 11.5 Å². The Balaban J connectivity index is 1.70. The molecule has 7 nitrogen and oxygen atoms in total. The van der Waals surface area contributed by atoms with E-state index in [9.17, 15) is 14.7 Å². The number of amides is 1. The van der Waals surface area contributed by atoms with E-state index in [0.717, 1.165) is 24.8 Å². The normalized spacial score (nSPS) is 16.7. The van der Waals surface area contributed by atoms with E-state index in [0.29, 0.717) is 25.3 Å². The van der Waals surface area contributed by atoms with Gasteiger partial charge in [0.25, 0.3) is 11.5 Å². The lowest BCUT2D eigenvalue weighted by molar-refractivity contribution is 0.0783. The largest absolute Gasteiger partial charge is 0.494 e. The molecule has 2 atom stereocenters. The summed E-state index contributed by atoms with van der Waals surface area (Å²) in [4.78, 5) is 36.4. The van der Waals surface area contributed by atoms with Crippen molar-refractivity contribution in [3.05, 3.63) is 87.7 Å². The number of benzene rings is 1. The molecule has 1 saturated heterocycles. The van der Waals surface area contributed by atoms with Gasteiger partial charge in [-0.15, -0.1) is 0 Å². The Hall–Kier alpha value is -3.48. The molecular weight excluding hydrogens is 416 g/mol. The van der Waals surface area contributed by atoms with Crippen LogP contribution in [0.2, 0.25) is 0 Å². The van der Waals surface area contributed by atoms with Crippen LogP contribution >= 0.6 is 0 Å². The molecule has 33 heavy (non-hydrogen) atoms. The van der Waals surface area contributed by atoms with Gasteiger partial charge in [0.1, 0.15) is 5.82 Å².